The van der Waals surface area contributed by atoms with Gasteiger partial charge in [0, 0.05) is 17.7 Å². The van der Waals surface area contributed by atoms with Crippen molar-refractivity contribution < 1.29 is 39.4 Å². The average molecular weight is 416 g/mol. The maximum atomic E-state index is 12.5. The van der Waals surface area contributed by atoms with E-state index in [0.29, 0.717) is 10.9 Å². The minimum atomic E-state index is -1.57. The summed E-state index contributed by atoms with van der Waals surface area (Å²) in [4.78, 5) is 12.5. The van der Waals surface area contributed by atoms with Crippen molar-refractivity contribution >= 4 is 11.0 Å². The Labute approximate surface area is 170 Å². The number of ether oxygens (including phenoxy) is 2. The molecule has 0 saturated carbocycles. The highest BCUT2D eigenvalue weighted by molar-refractivity contribution is 5.80. The fourth-order valence-corrected chi connectivity index (χ4v) is 3.28. The van der Waals surface area contributed by atoms with Gasteiger partial charge >= 0.3 is 0 Å². The Bertz CT molecular complexity index is 1090. The maximum absolute atomic E-state index is 12.5. The van der Waals surface area contributed by atoms with E-state index in [4.69, 9.17) is 13.9 Å². The zero-order valence-corrected chi connectivity index (χ0v) is 15.6. The number of phenols is 1. The number of aromatic hydroxyl groups is 1. The monoisotopic (exact) mass is 416 g/mol. The first kappa shape index (κ1) is 20.3. The van der Waals surface area contributed by atoms with Crippen molar-refractivity contribution in [3.05, 3.63) is 58.8 Å². The summed E-state index contributed by atoms with van der Waals surface area (Å²) in [6.07, 6.45) is -7.08. The lowest BCUT2D eigenvalue weighted by Crippen LogP contribution is -2.60. The lowest BCUT2D eigenvalue weighted by Gasteiger charge is -2.39. The molecule has 1 saturated heterocycles. The van der Waals surface area contributed by atoms with E-state index in [2.05, 4.69) is 0 Å². The molecule has 9 nitrogen and oxygen atoms in total. The van der Waals surface area contributed by atoms with Crippen molar-refractivity contribution in [3.8, 4) is 22.8 Å². The summed E-state index contributed by atoms with van der Waals surface area (Å²) in [5.41, 5.74) is 0.526. The summed E-state index contributed by atoms with van der Waals surface area (Å²) in [6, 6.07) is 11.9. The molecule has 9 heteroatoms. The fourth-order valence-electron chi connectivity index (χ4n) is 3.28. The second-order valence-electron chi connectivity index (χ2n) is 6.99. The third-order valence-electron chi connectivity index (χ3n) is 4.95. The molecule has 1 aromatic heterocycles. The van der Waals surface area contributed by atoms with Crippen molar-refractivity contribution in [2.24, 2.45) is 0 Å². The van der Waals surface area contributed by atoms with Crippen LogP contribution in [-0.4, -0.2) is 62.8 Å². The Kier molecular flexibility index (Phi) is 5.46. The lowest BCUT2D eigenvalue weighted by atomic mass is 9.99. The average Bonchev–Trinajstić information content (AvgIpc) is 2.74. The Morgan fingerprint density at radius 1 is 0.933 bits per heavy atom. The molecule has 3 aromatic rings. The van der Waals surface area contributed by atoms with Gasteiger partial charge in [0.15, 0.2) is 5.43 Å². The van der Waals surface area contributed by atoms with Gasteiger partial charge in [0.1, 0.15) is 47.3 Å². The highest BCUT2D eigenvalue weighted by atomic mass is 16.7. The van der Waals surface area contributed by atoms with Crippen molar-refractivity contribution in [3.63, 3.8) is 0 Å². The van der Waals surface area contributed by atoms with Gasteiger partial charge in [0.05, 0.1) is 12.0 Å². The van der Waals surface area contributed by atoms with Crippen LogP contribution >= 0.6 is 0 Å². The second kappa shape index (κ2) is 8.05. The third kappa shape index (κ3) is 3.76. The SMILES string of the molecule is O=c1cc(-c2ccc(O)cc2)oc2cc(O[C@@H]3OC(CO)[C@@H](O)[C@H](O)C3O)ccc12. The van der Waals surface area contributed by atoms with Gasteiger partial charge in [-0.2, -0.15) is 0 Å². The van der Waals surface area contributed by atoms with Crippen LogP contribution in [0.15, 0.2) is 57.7 Å². The van der Waals surface area contributed by atoms with Crippen LogP contribution in [0.3, 0.4) is 0 Å². The molecule has 5 N–H and O–H groups in total. The summed E-state index contributed by atoms with van der Waals surface area (Å²) in [5.74, 6) is 0.549. The van der Waals surface area contributed by atoms with Gasteiger partial charge in [-0.15, -0.1) is 0 Å². The Balaban J connectivity index is 1.65. The van der Waals surface area contributed by atoms with E-state index in [-0.39, 0.29) is 28.3 Å². The first-order valence-electron chi connectivity index (χ1n) is 9.22. The Morgan fingerprint density at radius 2 is 1.67 bits per heavy atom. The molecule has 158 valence electrons. The molecule has 0 spiro atoms. The van der Waals surface area contributed by atoms with Gasteiger partial charge in [-0.05, 0) is 36.4 Å². The molecule has 0 bridgehead atoms. The number of aliphatic hydroxyl groups excluding tert-OH is 4. The molecule has 2 heterocycles. The second-order valence-corrected chi connectivity index (χ2v) is 6.99. The summed E-state index contributed by atoms with van der Waals surface area (Å²) < 4.78 is 16.7. The molecule has 2 aromatic carbocycles. The minimum Gasteiger partial charge on any atom is -0.508 e. The maximum Gasteiger partial charge on any atom is 0.229 e. The molecule has 5 atom stereocenters. The van der Waals surface area contributed by atoms with E-state index in [0.717, 1.165) is 0 Å². The number of fused-ring (bicyclic) bond motifs is 1. The van der Waals surface area contributed by atoms with Crippen molar-refractivity contribution in [1.29, 1.82) is 0 Å². The smallest absolute Gasteiger partial charge is 0.229 e. The number of benzene rings is 2. The normalized spacial score (nSPS) is 26.6. The molecule has 0 radical (unpaired) electrons. The van der Waals surface area contributed by atoms with Gasteiger partial charge in [0.25, 0.3) is 0 Å². The largest absolute Gasteiger partial charge is 0.508 e. The van der Waals surface area contributed by atoms with Crippen LogP contribution in [0.4, 0.5) is 0 Å². The van der Waals surface area contributed by atoms with E-state index in [1.165, 1.54) is 36.4 Å². The van der Waals surface area contributed by atoms with Crippen LogP contribution in [-0.2, 0) is 4.74 Å². The predicted molar refractivity (Wildman–Crippen MR) is 104 cm³/mol. The molecule has 1 fully saturated rings. The highest BCUT2D eigenvalue weighted by Crippen LogP contribution is 2.28. The minimum absolute atomic E-state index is 0.0806. The standard InChI is InChI=1S/C21H20O9/c22-9-17-18(25)19(26)20(27)21(30-17)28-12-5-6-13-14(24)8-15(29-16(13)7-12)10-1-3-11(23)4-2-10/h1-8,17-23,25-27H,9H2/t17?,18-,19+,20?,21-/m1/s1. The van der Waals surface area contributed by atoms with Crippen LogP contribution in [0, 0.1) is 0 Å². The van der Waals surface area contributed by atoms with Crippen molar-refractivity contribution in [2.75, 3.05) is 6.61 Å². The van der Waals surface area contributed by atoms with Gasteiger partial charge in [-0.1, -0.05) is 0 Å². The highest BCUT2D eigenvalue weighted by Gasteiger charge is 2.44. The summed E-state index contributed by atoms with van der Waals surface area (Å²) in [6.45, 7) is -0.576. The van der Waals surface area contributed by atoms with Gasteiger partial charge in [-0.25, -0.2) is 0 Å². The molecule has 1 aliphatic rings. The zero-order valence-electron chi connectivity index (χ0n) is 15.6. The van der Waals surface area contributed by atoms with Crippen LogP contribution in [0.5, 0.6) is 11.5 Å². The summed E-state index contributed by atoms with van der Waals surface area (Å²) in [7, 11) is 0. The van der Waals surface area contributed by atoms with Gasteiger partial charge in [0.2, 0.25) is 6.29 Å². The third-order valence-corrected chi connectivity index (χ3v) is 4.95. The van der Waals surface area contributed by atoms with E-state index >= 15 is 0 Å². The quantitative estimate of drug-likeness (QED) is 0.406. The Morgan fingerprint density at radius 3 is 2.37 bits per heavy atom. The first-order chi connectivity index (χ1) is 14.4. The number of hydrogen-bond acceptors (Lipinski definition) is 9. The molecule has 0 amide bonds. The van der Waals surface area contributed by atoms with Crippen LogP contribution < -0.4 is 10.2 Å². The van der Waals surface area contributed by atoms with Crippen LogP contribution in [0.25, 0.3) is 22.3 Å². The van der Waals surface area contributed by atoms with Crippen molar-refractivity contribution in [2.45, 2.75) is 30.7 Å². The number of phenolic OH excluding ortho intramolecular Hbond substituents is 1. The lowest BCUT2D eigenvalue weighted by molar-refractivity contribution is -0.277. The molecular formula is C21H20O9. The fraction of sp³-hybridized carbons (Fsp3) is 0.286. The van der Waals surface area contributed by atoms with E-state index in [1.54, 1.807) is 12.1 Å². The molecule has 4 rings (SSSR count). The van der Waals surface area contributed by atoms with E-state index in [1.807, 2.05) is 0 Å². The van der Waals surface area contributed by atoms with Crippen LogP contribution in [0.2, 0.25) is 0 Å². The number of aliphatic hydroxyl groups is 4. The summed E-state index contributed by atoms with van der Waals surface area (Å²) >= 11 is 0. The number of rotatable bonds is 4. The topological polar surface area (TPSA) is 150 Å². The Hall–Kier alpha value is -2.95. The first-order valence-corrected chi connectivity index (χ1v) is 9.22. The van der Waals surface area contributed by atoms with E-state index < -0.39 is 37.3 Å². The zero-order chi connectivity index (χ0) is 21.4. The molecule has 0 aliphatic carbocycles. The summed E-state index contributed by atoms with van der Waals surface area (Å²) in [5, 5.41) is 48.9. The predicted octanol–water partition coefficient (Wildman–Crippen LogP) is 0.344. The molecule has 30 heavy (non-hydrogen) atoms. The molecule has 2 unspecified atom stereocenters. The molecule has 1 aliphatic heterocycles. The van der Waals surface area contributed by atoms with Gasteiger partial charge in [-0.3, -0.25) is 4.79 Å². The molecular weight excluding hydrogens is 396 g/mol. The van der Waals surface area contributed by atoms with Crippen molar-refractivity contribution in [1.82, 2.24) is 0 Å². The van der Waals surface area contributed by atoms with E-state index in [9.17, 15) is 30.3 Å². The van der Waals surface area contributed by atoms with Crippen LogP contribution in [0.1, 0.15) is 0 Å². The number of hydrogen-bond donors (Lipinski definition) is 5. The van der Waals surface area contributed by atoms with Gasteiger partial charge < -0.3 is 39.4 Å².